The normalized spacial score (nSPS) is 11.7. The first-order chi connectivity index (χ1) is 18.5. The molecule has 0 radical (unpaired) electrons. The summed E-state index contributed by atoms with van der Waals surface area (Å²) in [6.45, 7) is 6.72. The molecule has 3 aromatic heterocycles. The third-order valence-electron chi connectivity index (χ3n) is 6.17. The first kappa shape index (κ1) is 26.6. The van der Waals surface area contributed by atoms with Crippen molar-refractivity contribution in [3.05, 3.63) is 75.8 Å². The Bertz CT molecular complexity index is 1880. The monoisotopic (exact) mass is 568 g/mol. The van der Waals surface area contributed by atoms with E-state index in [1.54, 1.807) is 59.1 Å². The van der Waals surface area contributed by atoms with Crippen molar-refractivity contribution in [3.8, 4) is 33.3 Å². The lowest BCUT2D eigenvalue weighted by Crippen LogP contribution is -2.16. The predicted octanol–water partition coefficient (Wildman–Crippen LogP) is 5.94. The molecule has 202 valence electrons. The lowest BCUT2D eigenvalue weighted by atomic mass is 10.0. The zero-order chi connectivity index (χ0) is 28.1. The maximum atomic E-state index is 14.0. The second-order valence-electron chi connectivity index (χ2n) is 9.14. The smallest absolute Gasteiger partial charge is 0.268 e. The van der Waals surface area contributed by atoms with Crippen molar-refractivity contribution in [2.45, 2.75) is 27.7 Å². The molecular formula is C27H25FN4O5S2. The highest BCUT2D eigenvalue weighted by atomic mass is 32.2. The van der Waals surface area contributed by atoms with Gasteiger partial charge < -0.3 is 13.8 Å². The number of benzene rings is 2. The third kappa shape index (κ3) is 5.17. The fourth-order valence-electron chi connectivity index (χ4n) is 4.27. The number of nitrogens with one attached hydrogen (secondary N) is 1. The van der Waals surface area contributed by atoms with E-state index < -0.39 is 10.0 Å². The number of fused-ring (bicyclic) bond motifs is 1. The van der Waals surface area contributed by atoms with Crippen LogP contribution in [0.1, 0.15) is 23.9 Å². The summed E-state index contributed by atoms with van der Waals surface area (Å²) < 4.78 is 54.6. The van der Waals surface area contributed by atoms with Crippen LogP contribution in [0.25, 0.3) is 31.9 Å². The zero-order valence-electron chi connectivity index (χ0n) is 21.8. The minimum Gasteiger partial charge on any atom is -0.456 e. The van der Waals surface area contributed by atoms with Gasteiger partial charge in [-0.2, -0.15) is 4.98 Å². The average molecular weight is 569 g/mol. The summed E-state index contributed by atoms with van der Waals surface area (Å²) in [5.74, 6) is 1.16. The molecule has 0 amide bonds. The van der Waals surface area contributed by atoms with Gasteiger partial charge in [-0.05, 0) is 68.3 Å². The molecule has 1 N–H and O–H groups in total. The Kier molecular flexibility index (Phi) is 6.77. The number of thiophene rings is 1. The minimum absolute atomic E-state index is 0.101. The third-order valence-corrected chi connectivity index (χ3v) is 8.59. The summed E-state index contributed by atoms with van der Waals surface area (Å²) in [5, 5.41) is 4.60. The van der Waals surface area contributed by atoms with E-state index in [9.17, 15) is 17.6 Å². The predicted molar refractivity (Wildman–Crippen MR) is 150 cm³/mol. The van der Waals surface area contributed by atoms with Crippen LogP contribution in [0.4, 0.5) is 10.1 Å². The van der Waals surface area contributed by atoms with Crippen LogP contribution in [0, 0.1) is 26.6 Å². The number of hydrogen-bond acceptors (Lipinski definition) is 8. The van der Waals surface area contributed by atoms with E-state index >= 15 is 0 Å². The van der Waals surface area contributed by atoms with Gasteiger partial charge in [0.1, 0.15) is 22.0 Å². The molecule has 0 spiro atoms. The first-order valence-electron chi connectivity index (χ1n) is 12.0. The van der Waals surface area contributed by atoms with E-state index in [0.29, 0.717) is 66.1 Å². The maximum Gasteiger partial charge on any atom is 0.268 e. The molecule has 9 nitrogen and oxygen atoms in total. The lowest BCUT2D eigenvalue weighted by Gasteiger charge is -2.18. The number of hydrogen-bond donors (Lipinski definition) is 1. The van der Waals surface area contributed by atoms with E-state index in [2.05, 4.69) is 14.9 Å². The van der Waals surface area contributed by atoms with Gasteiger partial charge in [-0.25, -0.2) is 12.8 Å². The van der Waals surface area contributed by atoms with Crippen molar-refractivity contribution in [2.75, 3.05) is 10.5 Å². The average Bonchev–Trinajstić information content (AvgIpc) is 3.51. The van der Waals surface area contributed by atoms with E-state index in [0.717, 1.165) is 0 Å². The van der Waals surface area contributed by atoms with Crippen LogP contribution >= 0.6 is 11.3 Å². The van der Waals surface area contributed by atoms with Crippen LogP contribution in [0.15, 0.2) is 51.9 Å². The SMILES string of the molecule is CCS(=O)(=O)Nc1ccc(Oc2c(C)cc(F)cc2C)c(-c2cn(C)c(=O)c3sc(-c4noc(C)n4)cc23)c1. The minimum atomic E-state index is -3.56. The molecule has 12 heteroatoms. The van der Waals surface area contributed by atoms with Crippen molar-refractivity contribution >= 4 is 37.1 Å². The molecule has 0 aliphatic heterocycles. The molecule has 0 unspecified atom stereocenters. The first-order valence-corrected chi connectivity index (χ1v) is 14.5. The van der Waals surface area contributed by atoms with Crippen molar-refractivity contribution in [1.82, 2.24) is 14.7 Å². The molecule has 0 saturated heterocycles. The van der Waals surface area contributed by atoms with E-state index in [4.69, 9.17) is 9.26 Å². The highest BCUT2D eigenvalue weighted by Gasteiger charge is 2.21. The van der Waals surface area contributed by atoms with Gasteiger partial charge in [0, 0.05) is 42.4 Å². The lowest BCUT2D eigenvalue weighted by molar-refractivity contribution is 0.394. The van der Waals surface area contributed by atoms with E-state index in [-0.39, 0.29) is 17.1 Å². The highest BCUT2D eigenvalue weighted by molar-refractivity contribution is 7.92. The summed E-state index contributed by atoms with van der Waals surface area (Å²) in [6.07, 6.45) is 1.67. The van der Waals surface area contributed by atoms with Crippen LogP contribution < -0.4 is 15.0 Å². The van der Waals surface area contributed by atoms with Crippen LogP contribution in [0.5, 0.6) is 11.5 Å². The maximum absolute atomic E-state index is 14.0. The fourth-order valence-corrected chi connectivity index (χ4v) is 5.98. The number of anilines is 1. The Morgan fingerprint density at radius 2 is 1.82 bits per heavy atom. The molecular weight excluding hydrogens is 543 g/mol. The molecule has 5 aromatic rings. The Balaban J connectivity index is 1.76. The van der Waals surface area contributed by atoms with Crippen molar-refractivity contribution in [1.29, 1.82) is 0 Å². The number of nitrogens with zero attached hydrogens (tertiary/aromatic N) is 3. The number of aryl methyl sites for hydroxylation is 4. The van der Waals surface area contributed by atoms with Gasteiger partial charge >= 0.3 is 0 Å². The van der Waals surface area contributed by atoms with Gasteiger partial charge in [-0.3, -0.25) is 9.52 Å². The van der Waals surface area contributed by atoms with Gasteiger partial charge in [0.25, 0.3) is 5.56 Å². The number of halogens is 1. The molecule has 3 heterocycles. The van der Waals surface area contributed by atoms with Crippen LogP contribution in [-0.4, -0.2) is 28.9 Å². The quantitative estimate of drug-likeness (QED) is 0.258. The Morgan fingerprint density at radius 1 is 1.10 bits per heavy atom. The molecule has 0 bridgehead atoms. The molecule has 0 saturated carbocycles. The molecule has 0 aliphatic rings. The van der Waals surface area contributed by atoms with E-state index in [1.807, 2.05) is 6.07 Å². The molecule has 2 aromatic carbocycles. The van der Waals surface area contributed by atoms with Gasteiger partial charge in [0.05, 0.1) is 10.6 Å². The van der Waals surface area contributed by atoms with Crippen molar-refractivity contribution in [3.63, 3.8) is 0 Å². The van der Waals surface area contributed by atoms with Crippen molar-refractivity contribution in [2.24, 2.45) is 7.05 Å². The fraction of sp³-hybridized carbons (Fsp3) is 0.222. The number of pyridine rings is 1. The van der Waals surface area contributed by atoms with Gasteiger partial charge in [-0.15, -0.1) is 11.3 Å². The molecule has 0 fully saturated rings. The van der Waals surface area contributed by atoms with Crippen molar-refractivity contribution < 1.29 is 22.1 Å². The summed E-state index contributed by atoms with van der Waals surface area (Å²) >= 11 is 1.24. The second kappa shape index (κ2) is 9.93. The van der Waals surface area contributed by atoms with Gasteiger partial charge in [-0.1, -0.05) is 5.16 Å². The number of rotatable bonds is 7. The molecule has 39 heavy (non-hydrogen) atoms. The largest absolute Gasteiger partial charge is 0.456 e. The molecule has 5 rings (SSSR count). The van der Waals surface area contributed by atoms with Crippen LogP contribution in [0.2, 0.25) is 0 Å². The number of sulfonamides is 1. The summed E-state index contributed by atoms with van der Waals surface area (Å²) in [4.78, 5) is 18.0. The van der Waals surface area contributed by atoms with Gasteiger partial charge in [0.2, 0.25) is 21.7 Å². The number of aromatic nitrogens is 3. The zero-order valence-corrected chi connectivity index (χ0v) is 23.5. The van der Waals surface area contributed by atoms with Crippen LogP contribution in [-0.2, 0) is 17.1 Å². The van der Waals surface area contributed by atoms with E-state index in [1.165, 1.54) is 28.0 Å². The topological polar surface area (TPSA) is 116 Å². The highest BCUT2D eigenvalue weighted by Crippen LogP contribution is 2.42. The Morgan fingerprint density at radius 3 is 2.46 bits per heavy atom. The summed E-state index contributed by atoms with van der Waals surface area (Å²) in [5.41, 5.74) is 2.48. The summed E-state index contributed by atoms with van der Waals surface area (Å²) in [6, 6.07) is 9.48. The second-order valence-corrected chi connectivity index (χ2v) is 12.2. The van der Waals surface area contributed by atoms with Crippen LogP contribution in [0.3, 0.4) is 0 Å². The Hall–Kier alpha value is -4.03. The molecule has 0 atom stereocenters. The summed E-state index contributed by atoms with van der Waals surface area (Å²) in [7, 11) is -1.92. The number of ether oxygens (including phenoxy) is 1. The standard InChI is InChI=1S/C27H25FN4O5S2/c1-6-39(34,35)31-18-7-8-22(36-24-14(2)9-17(28)10-15(24)3)19(11-18)21-13-32(5)27(33)25-20(21)12-23(38-25)26-29-16(4)37-30-26/h7-13,31H,6H2,1-5H3. The van der Waals surface area contributed by atoms with Gasteiger partial charge in [0.15, 0.2) is 0 Å². The molecule has 0 aliphatic carbocycles. The Labute approximate surface area is 227 Å².